The third kappa shape index (κ3) is 2.83. The minimum absolute atomic E-state index is 0.264. The number of hydrogen-bond acceptors (Lipinski definition) is 2. The Morgan fingerprint density at radius 2 is 2.22 bits per heavy atom. The van der Waals surface area contributed by atoms with E-state index in [4.69, 9.17) is 23.2 Å². The normalized spacial score (nSPS) is 10.4. The second-order valence-corrected chi connectivity index (χ2v) is 4.62. The molecule has 0 bridgehead atoms. The third-order valence-corrected chi connectivity index (χ3v) is 2.96. The molecule has 0 aliphatic carbocycles. The Kier molecular flexibility index (Phi) is 3.89. The first-order chi connectivity index (χ1) is 8.58. The Hall–Kier alpha value is -1.52. The first kappa shape index (κ1) is 12.9. The van der Waals surface area contributed by atoms with E-state index >= 15 is 0 Å². The molecule has 0 saturated carbocycles. The highest BCUT2D eigenvalue weighted by atomic mass is 35.5. The SMILES string of the molecule is Cn1ncc(Cl)c1C(=O)NCc1cccc(Cl)c1. The van der Waals surface area contributed by atoms with E-state index in [2.05, 4.69) is 10.4 Å². The number of aromatic nitrogens is 2. The van der Waals surface area contributed by atoms with Crippen LogP contribution in [0.2, 0.25) is 10.0 Å². The predicted molar refractivity (Wildman–Crippen MR) is 70.8 cm³/mol. The summed E-state index contributed by atoms with van der Waals surface area (Å²) in [6.07, 6.45) is 1.44. The average molecular weight is 284 g/mol. The summed E-state index contributed by atoms with van der Waals surface area (Å²) in [4.78, 5) is 11.9. The molecule has 2 rings (SSSR count). The summed E-state index contributed by atoms with van der Waals surface area (Å²) in [5, 5.41) is 7.65. The fourth-order valence-corrected chi connectivity index (χ4v) is 2.04. The first-order valence-corrected chi connectivity index (χ1v) is 6.03. The van der Waals surface area contributed by atoms with E-state index < -0.39 is 0 Å². The summed E-state index contributed by atoms with van der Waals surface area (Å²) in [5.74, 6) is -0.264. The quantitative estimate of drug-likeness (QED) is 0.941. The molecule has 4 nitrogen and oxygen atoms in total. The van der Waals surface area contributed by atoms with Gasteiger partial charge in [-0.25, -0.2) is 0 Å². The van der Waals surface area contributed by atoms with Crippen molar-refractivity contribution in [2.24, 2.45) is 7.05 Å². The molecule has 0 radical (unpaired) electrons. The molecular weight excluding hydrogens is 273 g/mol. The van der Waals surface area contributed by atoms with Crippen LogP contribution < -0.4 is 5.32 Å². The van der Waals surface area contributed by atoms with Gasteiger partial charge in [-0.3, -0.25) is 9.48 Å². The molecule has 18 heavy (non-hydrogen) atoms. The average Bonchev–Trinajstić information content (AvgIpc) is 2.66. The van der Waals surface area contributed by atoms with Gasteiger partial charge in [0, 0.05) is 18.6 Å². The van der Waals surface area contributed by atoms with Crippen molar-refractivity contribution in [3.05, 3.63) is 51.8 Å². The summed E-state index contributed by atoms with van der Waals surface area (Å²) in [5.41, 5.74) is 1.27. The van der Waals surface area contributed by atoms with Gasteiger partial charge in [-0.2, -0.15) is 5.10 Å². The molecule has 94 valence electrons. The molecule has 0 atom stereocenters. The van der Waals surface area contributed by atoms with Crippen molar-refractivity contribution in [2.45, 2.75) is 6.54 Å². The maximum Gasteiger partial charge on any atom is 0.271 e. The van der Waals surface area contributed by atoms with Crippen LogP contribution in [-0.2, 0) is 13.6 Å². The number of carbonyl (C=O) groups is 1. The highest BCUT2D eigenvalue weighted by Crippen LogP contribution is 2.14. The van der Waals surface area contributed by atoms with Crippen LogP contribution in [0.4, 0.5) is 0 Å². The Morgan fingerprint density at radius 3 is 2.83 bits per heavy atom. The Balaban J connectivity index is 2.05. The van der Waals surface area contributed by atoms with E-state index in [-0.39, 0.29) is 5.91 Å². The summed E-state index contributed by atoms with van der Waals surface area (Å²) in [6.45, 7) is 0.390. The van der Waals surface area contributed by atoms with Crippen LogP contribution in [0.1, 0.15) is 16.1 Å². The van der Waals surface area contributed by atoms with Gasteiger partial charge >= 0.3 is 0 Å². The van der Waals surface area contributed by atoms with Gasteiger partial charge in [0.1, 0.15) is 5.69 Å². The first-order valence-electron chi connectivity index (χ1n) is 5.28. The number of nitrogens with zero attached hydrogens (tertiary/aromatic N) is 2. The molecule has 0 fully saturated rings. The van der Waals surface area contributed by atoms with Crippen LogP contribution in [0.15, 0.2) is 30.5 Å². The molecule has 1 N–H and O–H groups in total. The zero-order valence-corrected chi connectivity index (χ0v) is 11.2. The molecule has 0 spiro atoms. The number of halogens is 2. The van der Waals surface area contributed by atoms with E-state index in [1.807, 2.05) is 12.1 Å². The van der Waals surface area contributed by atoms with Crippen molar-refractivity contribution in [1.82, 2.24) is 15.1 Å². The number of amides is 1. The van der Waals surface area contributed by atoms with Crippen molar-refractivity contribution >= 4 is 29.1 Å². The molecule has 0 unspecified atom stereocenters. The lowest BCUT2D eigenvalue weighted by molar-refractivity contribution is 0.0941. The molecule has 2 aromatic rings. The molecule has 0 aliphatic heterocycles. The maximum atomic E-state index is 11.9. The van der Waals surface area contributed by atoms with Gasteiger partial charge in [0.15, 0.2) is 0 Å². The highest BCUT2D eigenvalue weighted by Gasteiger charge is 2.14. The van der Waals surface area contributed by atoms with Crippen LogP contribution in [0.25, 0.3) is 0 Å². The van der Waals surface area contributed by atoms with Crippen molar-refractivity contribution in [3.63, 3.8) is 0 Å². The molecule has 1 aromatic heterocycles. The molecule has 1 amide bonds. The number of aryl methyl sites for hydroxylation is 1. The molecule has 1 heterocycles. The van der Waals surface area contributed by atoms with E-state index in [9.17, 15) is 4.79 Å². The van der Waals surface area contributed by atoms with E-state index in [1.54, 1.807) is 19.2 Å². The standard InChI is InChI=1S/C12H11Cl2N3O/c1-17-11(10(14)7-16-17)12(18)15-6-8-3-2-4-9(13)5-8/h2-5,7H,6H2,1H3,(H,15,18). The predicted octanol–water partition coefficient (Wildman–Crippen LogP) is 2.66. The molecular formula is C12H11Cl2N3O. The molecule has 0 aliphatic rings. The van der Waals surface area contributed by atoms with Gasteiger partial charge in [0.25, 0.3) is 5.91 Å². The Bertz CT molecular complexity index is 561. The Labute approximate surface area is 115 Å². The molecule has 6 heteroatoms. The van der Waals surface area contributed by atoms with Crippen molar-refractivity contribution in [2.75, 3.05) is 0 Å². The largest absolute Gasteiger partial charge is 0.347 e. The van der Waals surface area contributed by atoms with Crippen LogP contribution in [0.5, 0.6) is 0 Å². The number of nitrogens with one attached hydrogen (secondary N) is 1. The summed E-state index contributed by atoms with van der Waals surface area (Å²) >= 11 is 11.7. The molecule has 0 saturated heterocycles. The summed E-state index contributed by atoms with van der Waals surface area (Å²) < 4.78 is 1.44. The van der Waals surface area contributed by atoms with Gasteiger partial charge < -0.3 is 5.32 Å². The number of benzene rings is 1. The topological polar surface area (TPSA) is 46.9 Å². The van der Waals surface area contributed by atoms with Crippen molar-refractivity contribution in [3.8, 4) is 0 Å². The second-order valence-electron chi connectivity index (χ2n) is 3.78. The van der Waals surface area contributed by atoms with Crippen molar-refractivity contribution in [1.29, 1.82) is 0 Å². The van der Waals surface area contributed by atoms with Gasteiger partial charge in [-0.1, -0.05) is 35.3 Å². The van der Waals surface area contributed by atoms with Gasteiger partial charge in [0.05, 0.1) is 11.2 Å². The monoisotopic (exact) mass is 283 g/mol. The minimum atomic E-state index is -0.264. The zero-order valence-electron chi connectivity index (χ0n) is 9.65. The Morgan fingerprint density at radius 1 is 1.44 bits per heavy atom. The van der Waals surface area contributed by atoms with Crippen molar-refractivity contribution < 1.29 is 4.79 Å². The number of carbonyl (C=O) groups excluding carboxylic acids is 1. The minimum Gasteiger partial charge on any atom is -0.347 e. The molecule has 1 aromatic carbocycles. The fourth-order valence-electron chi connectivity index (χ4n) is 1.58. The van der Waals surface area contributed by atoms with Crippen LogP contribution in [0.3, 0.4) is 0 Å². The number of rotatable bonds is 3. The van der Waals surface area contributed by atoms with Gasteiger partial charge in [-0.15, -0.1) is 0 Å². The van der Waals surface area contributed by atoms with Crippen LogP contribution >= 0.6 is 23.2 Å². The van der Waals surface area contributed by atoms with Gasteiger partial charge in [-0.05, 0) is 17.7 Å². The van der Waals surface area contributed by atoms with Crippen LogP contribution in [0, 0.1) is 0 Å². The van der Waals surface area contributed by atoms with E-state index in [1.165, 1.54) is 10.9 Å². The van der Waals surface area contributed by atoms with Crippen LogP contribution in [-0.4, -0.2) is 15.7 Å². The number of hydrogen-bond donors (Lipinski definition) is 1. The summed E-state index contributed by atoms with van der Waals surface area (Å²) in [7, 11) is 1.67. The maximum absolute atomic E-state index is 11.9. The van der Waals surface area contributed by atoms with E-state index in [0.29, 0.717) is 22.3 Å². The zero-order chi connectivity index (χ0) is 13.1. The fraction of sp³-hybridized carbons (Fsp3) is 0.167. The highest BCUT2D eigenvalue weighted by molar-refractivity contribution is 6.33. The third-order valence-electron chi connectivity index (χ3n) is 2.45. The van der Waals surface area contributed by atoms with E-state index in [0.717, 1.165) is 5.56 Å². The summed E-state index contributed by atoms with van der Waals surface area (Å²) in [6, 6.07) is 7.30. The smallest absolute Gasteiger partial charge is 0.271 e. The lowest BCUT2D eigenvalue weighted by atomic mass is 10.2. The second kappa shape index (κ2) is 5.42. The lowest BCUT2D eigenvalue weighted by Crippen LogP contribution is -2.25. The lowest BCUT2D eigenvalue weighted by Gasteiger charge is -2.06. The van der Waals surface area contributed by atoms with Gasteiger partial charge in [0.2, 0.25) is 0 Å².